The number of fused-ring (bicyclic) bond motifs is 8. The van der Waals surface area contributed by atoms with Crippen LogP contribution in [0.15, 0.2) is 254 Å². The van der Waals surface area contributed by atoms with E-state index in [-0.39, 0.29) is 5.41 Å². The molecule has 71 heavy (non-hydrogen) atoms. The van der Waals surface area contributed by atoms with Gasteiger partial charge in [-0.2, -0.15) is 0 Å². The Bertz CT molecular complexity index is 3710. The second kappa shape index (κ2) is 16.1. The third-order valence-electron chi connectivity index (χ3n) is 16.1. The van der Waals surface area contributed by atoms with E-state index in [1.165, 1.54) is 67.0 Å². The summed E-state index contributed by atoms with van der Waals surface area (Å²) in [6, 6.07) is 76.4. The molecule has 0 aromatic heterocycles. The second-order valence-electron chi connectivity index (χ2n) is 20.2. The zero-order valence-corrected chi connectivity index (χ0v) is 40.0. The molecule has 4 aliphatic carbocycles. The van der Waals surface area contributed by atoms with Crippen molar-refractivity contribution in [2.24, 2.45) is 0 Å². The number of hydrogen-bond acceptors (Lipinski definition) is 3. The Morgan fingerprint density at radius 3 is 1.90 bits per heavy atom. The van der Waals surface area contributed by atoms with Gasteiger partial charge in [0, 0.05) is 56.8 Å². The van der Waals surface area contributed by atoms with E-state index in [1.54, 1.807) is 0 Å². The SMILES string of the molecule is CC1(C)C2=CC(N(c3ccc4c(c3)C(c3ccccc3)(c3ccccc3)c3ccccc3-4)c3cc4c5c(cccc5c3)-c3cc(N(C5=CCCC=C5)c5ccccc5)ccc3O4)=CCC2c2ccccc21. The van der Waals surface area contributed by atoms with Crippen LogP contribution in [0.4, 0.5) is 22.7 Å². The van der Waals surface area contributed by atoms with Crippen molar-refractivity contribution in [2.75, 3.05) is 9.80 Å². The fraction of sp³-hybridized carbons (Fsp3) is 0.118. The van der Waals surface area contributed by atoms with Crippen LogP contribution < -0.4 is 14.5 Å². The Morgan fingerprint density at radius 2 is 1.13 bits per heavy atom. The molecule has 0 fully saturated rings. The monoisotopic (exact) mass is 912 g/mol. The number of allylic oxidation sites excluding steroid dienone is 6. The van der Waals surface area contributed by atoms with Crippen molar-refractivity contribution in [1.29, 1.82) is 0 Å². The Balaban J connectivity index is 0.964. The van der Waals surface area contributed by atoms with E-state index in [1.807, 2.05) is 0 Å². The fourth-order valence-corrected chi connectivity index (χ4v) is 13.0. The lowest BCUT2D eigenvalue weighted by Crippen LogP contribution is -2.29. The third-order valence-corrected chi connectivity index (χ3v) is 16.1. The Kier molecular flexibility index (Phi) is 9.41. The van der Waals surface area contributed by atoms with E-state index in [0.717, 1.165) is 69.8 Å². The molecule has 0 bridgehead atoms. The molecule has 1 unspecified atom stereocenters. The van der Waals surface area contributed by atoms with Crippen LogP contribution in [-0.2, 0) is 10.8 Å². The summed E-state index contributed by atoms with van der Waals surface area (Å²) in [5.41, 5.74) is 20.4. The molecule has 1 atom stereocenters. The summed E-state index contributed by atoms with van der Waals surface area (Å²) < 4.78 is 7.15. The third kappa shape index (κ3) is 6.28. The minimum absolute atomic E-state index is 0.113. The molecule has 9 aromatic rings. The average Bonchev–Trinajstić information content (AvgIpc) is 3.85. The first-order valence-corrected chi connectivity index (χ1v) is 25.2. The minimum Gasteiger partial charge on any atom is -0.456 e. The summed E-state index contributed by atoms with van der Waals surface area (Å²) in [5, 5.41) is 2.27. The highest BCUT2D eigenvalue weighted by Gasteiger charge is 2.47. The standard InChI is InChI=1S/C68H52N2O/c1-67(2)60-32-17-15-29-54(60)56-37-34-51(42-62(56)67)70(52-35-38-57-55-30-16-18-33-61(55)68(63(57)43-52,46-21-7-3-8-22-46)47-23-9-4-10-24-47)53-40-45-20-19-31-58-59-41-50(36-39-64(59)71-65(44-53)66(45)58)69(48-25-11-5-12-26-48)49-27-13-6-14-28-49/h3-5,7-13,15-36,38-44,56H,6,14,37H2,1-2H3. The van der Waals surface area contributed by atoms with E-state index in [4.69, 9.17) is 4.74 Å². The molecule has 0 spiro atoms. The van der Waals surface area contributed by atoms with Crippen molar-refractivity contribution in [3.05, 3.63) is 287 Å². The van der Waals surface area contributed by atoms with Gasteiger partial charge < -0.3 is 14.5 Å². The van der Waals surface area contributed by atoms with Crippen LogP contribution in [0.1, 0.15) is 72.4 Å². The summed E-state index contributed by atoms with van der Waals surface area (Å²) in [6.45, 7) is 4.82. The van der Waals surface area contributed by atoms with Gasteiger partial charge in [0.05, 0.1) is 11.1 Å². The molecule has 14 rings (SSSR count). The Labute approximate surface area is 416 Å². The molecular weight excluding hydrogens is 861 g/mol. The normalized spacial score (nSPS) is 17.1. The topological polar surface area (TPSA) is 15.7 Å². The van der Waals surface area contributed by atoms with E-state index in [2.05, 4.69) is 260 Å². The maximum Gasteiger partial charge on any atom is 0.138 e. The first kappa shape index (κ1) is 41.6. The van der Waals surface area contributed by atoms with Gasteiger partial charge >= 0.3 is 0 Å². The van der Waals surface area contributed by atoms with Gasteiger partial charge in [-0.3, -0.25) is 0 Å². The van der Waals surface area contributed by atoms with Gasteiger partial charge in [0.15, 0.2) is 0 Å². The maximum atomic E-state index is 7.15. The van der Waals surface area contributed by atoms with Crippen LogP contribution in [0.25, 0.3) is 33.0 Å². The van der Waals surface area contributed by atoms with Crippen molar-refractivity contribution in [1.82, 2.24) is 0 Å². The summed E-state index contributed by atoms with van der Waals surface area (Å²) in [5.74, 6) is 2.07. The molecule has 0 N–H and O–H groups in total. The van der Waals surface area contributed by atoms with Crippen molar-refractivity contribution < 1.29 is 4.74 Å². The Hall–Kier alpha value is -8.40. The molecular formula is C68H52N2O. The number of ether oxygens (including phenoxy) is 1. The van der Waals surface area contributed by atoms with E-state index in [0.29, 0.717) is 5.92 Å². The number of anilines is 4. The Morgan fingerprint density at radius 1 is 0.465 bits per heavy atom. The second-order valence-corrected chi connectivity index (χ2v) is 20.2. The molecule has 0 amide bonds. The molecule has 0 saturated carbocycles. The predicted molar refractivity (Wildman–Crippen MR) is 293 cm³/mol. The first-order chi connectivity index (χ1) is 35.0. The smallest absolute Gasteiger partial charge is 0.138 e. The maximum absolute atomic E-state index is 7.15. The number of nitrogens with zero attached hydrogens (tertiary/aromatic N) is 2. The van der Waals surface area contributed by atoms with Crippen LogP contribution >= 0.6 is 0 Å². The van der Waals surface area contributed by atoms with Gasteiger partial charge in [-0.05, 0) is 135 Å². The largest absolute Gasteiger partial charge is 0.456 e. The fourth-order valence-electron chi connectivity index (χ4n) is 13.0. The van der Waals surface area contributed by atoms with Crippen LogP contribution in [-0.4, -0.2) is 0 Å². The lowest BCUT2D eigenvalue weighted by atomic mass is 9.67. The lowest BCUT2D eigenvalue weighted by molar-refractivity contribution is 0.487. The van der Waals surface area contributed by atoms with Crippen molar-refractivity contribution in [2.45, 2.75) is 49.9 Å². The lowest BCUT2D eigenvalue weighted by Gasteiger charge is -2.36. The highest BCUT2D eigenvalue weighted by molar-refractivity contribution is 6.06. The van der Waals surface area contributed by atoms with Crippen LogP contribution in [0.3, 0.4) is 0 Å². The van der Waals surface area contributed by atoms with E-state index < -0.39 is 5.41 Å². The zero-order valence-electron chi connectivity index (χ0n) is 40.0. The average molecular weight is 913 g/mol. The number of benzene rings is 9. The highest BCUT2D eigenvalue weighted by Crippen LogP contribution is 2.59. The van der Waals surface area contributed by atoms with Crippen molar-refractivity contribution in [3.8, 4) is 33.8 Å². The van der Waals surface area contributed by atoms with Crippen molar-refractivity contribution >= 4 is 33.5 Å². The molecule has 5 aliphatic rings. The molecule has 0 saturated heterocycles. The summed E-state index contributed by atoms with van der Waals surface area (Å²) in [6.07, 6.45) is 14.9. The molecule has 9 aromatic carbocycles. The van der Waals surface area contributed by atoms with Crippen LogP contribution in [0.2, 0.25) is 0 Å². The molecule has 1 heterocycles. The van der Waals surface area contributed by atoms with Gasteiger partial charge in [-0.15, -0.1) is 0 Å². The number of rotatable bonds is 8. The van der Waals surface area contributed by atoms with Crippen LogP contribution in [0.5, 0.6) is 11.5 Å². The molecule has 0 radical (unpaired) electrons. The van der Waals surface area contributed by atoms with Gasteiger partial charge in [0.25, 0.3) is 0 Å². The summed E-state index contributed by atoms with van der Waals surface area (Å²) in [7, 11) is 0. The van der Waals surface area contributed by atoms with Crippen LogP contribution in [0, 0.1) is 0 Å². The highest BCUT2D eigenvalue weighted by atomic mass is 16.5. The molecule has 1 aliphatic heterocycles. The molecule has 3 heteroatoms. The molecule has 340 valence electrons. The summed E-state index contributed by atoms with van der Waals surface area (Å²) in [4.78, 5) is 4.88. The first-order valence-electron chi connectivity index (χ1n) is 25.2. The van der Waals surface area contributed by atoms with Gasteiger partial charge in [-0.25, -0.2) is 0 Å². The van der Waals surface area contributed by atoms with E-state index >= 15 is 0 Å². The number of para-hydroxylation sites is 1. The number of hydrogen-bond donors (Lipinski definition) is 0. The quantitative estimate of drug-likeness (QED) is 0.151. The van der Waals surface area contributed by atoms with Gasteiger partial charge in [0.1, 0.15) is 11.5 Å². The van der Waals surface area contributed by atoms with E-state index in [9.17, 15) is 0 Å². The van der Waals surface area contributed by atoms with Gasteiger partial charge in [-0.1, -0.05) is 189 Å². The molecule has 3 nitrogen and oxygen atoms in total. The predicted octanol–water partition coefficient (Wildman–Crippen LogP) is 17.8. The zero-order chi connectivity index (χ0) is 47.3. The summed E-state index contributed by atoms with van der Waals surface area (Å²) >= 11 is 0. The minimum atomic E-state index is -0.536. The van der Waals surface area contributed by atoms with Crippen molar-refractivity contribution in [3.63, 3.8) is 0 Å². The van der Waals surface area contributed by atoms with Gasteiger partial charge in [0.2, 0.25) is 0 Å².